The van der Waals surface area contributed by atoms with Gasteiger partial charge in [0, 0.05) is 17.5 Å². The molecule has 1 atom stereocenters. The Morgan fingerprint density at radius 2 is 1.88 bits per heavy atom. The number of hydrogen-bond acceptors (Lipinski definition) is 4. The van der Waals surface area contributed by atoms with Gasteiger partial charge in [-0.1, -0.05) is 49.2 Å². The largest absolute Gasteiger partial charge is 0.464 e. The number of furan rings is 1. The Kier molecular flexibility index (Phi) is 7.43. The van der Waals surface area contributed by atoms with Crippen LogP contribution in [0.4, 0.5) is 0 Å². The third-order valence-electron chi connectivity index (χ3n) is 6.00. The van der Waals surface area contributed by atoms with Crippen molar-refractivity contribution in [1.29, 1.82) is 0 Å². The molecule has 0 aliphatic heterocycles. The third kappa shape index (κ3) is 5.68. The van der Waals surface area contributed by atoms with E-state index in [4.69, 9.17) is 4.42 Å². The van der Waals surface area contributed by atoms with E-state index in [1.54, 1.807) is 16.2 Å². The van der Waals surface area contributed by atoms with E-state index in [9.17, 15) is 9.59 Å². The monoisotopic (exact) mass is 450 g/mol. The zero-order valence-electron chi connectivity index (χ0n) is 18.5. The highest BCUT2D eigenvalue weighted by atomic mass is 32.1. The van der Waals surface area contributed by atoms with Gasteiger partial charge in [0.15, 0.2) is 6.04 Å². The Labute approximate surface area is 193 Å². The molecule has 1 aliphatic rings. The fourth-order valence-electron chi connectivity index (χ4n) is 4.33. The second kappa shape index (κ2) is 10.6. The average molecular weight is 451 g/mol. The van der Waals surface area contributed by atoms with Crippen LogP contribution in [0.15, 0.2) is 64.4 Å². The SMILES string of the molecule is Cc1ccc([C@@H](C(=O)NC2CCCC2)N(CCc2ccccc2)C(=O)Cc2cccs2)o1. The maximum Gasteiger partial charge on any atom is 0.250 e. The first-order valence-electron chi connectivity index (χ1n) is 11.3. The standard InChI is InChI=1S/C26H30N2O3S/c1-19-13-14-23(31-19)25(26(30)27-21-10-5-6-11-21)28(16-15-20-8-3-2-4-9-20)24(29)18-22-12-7-17-32-22/h2-4,7-9,12-14,17,21,25H,5-6,10-11,15-16,18H2,1H3,(H,27,30)/t25-/m0/s1. The molecule has 0 bridgehead atoms. The Morgan fingerprint density at radius 3 is 2.53 bits per heavy atom. The number of nitrogens with zero attached hydrogens (tertiary/aromatic N) is 1. The van der Waals surface area contributed by atoms with E-state index in [-0.39, 0.29) is 24.3 Å². The minimum atomic E-state index is -0.777. The lowest BCUT2D eigenvalue weighted by atomic mass is 10.1. The Balaban J connectivity index is 1.61. The molecule has 6 heteroatoms. The summed E-state index contributed by atoms with van der Waals surface area (Å²) in [6.07, 6.45) is 5.18. The number of rotatable bonds is 9. The van der Waals surface area contributed by atoms with Crippen molar-refractivity contribution in [3.05, 3.63) is 81.9 Å². The van der Waals surface area contributed by atoms with Crippen molar-refractivity contribution in [2.75, 3.05) is 6.54 Å². The molecule has 0 spiro atoms. The minimum Gasteiger partial charge on any atom is -0.464 e. The predicted molar refractivity (Wildman–Crippen MR) is 126 cm³/mol. The molecule has 0 saturated heterocycles. The zero-order chi connectivity index (χ0) is 22.3. The second-order valence-corrected chi connectivity index (χ2v) is 9.45. The first-order chi connectivity index (χ1) is 15.6. The molecule has 32 heavy (non-hydrogen) atoms. The van der Waals surface area contributed by atoms with Crippen LogP contribution in [0.25, 0.3) is 0 Å². The summed E-state index contributed by atoms with van der Waals surface area (Å²) in [7, 11) is 0. The van der Waals surface area contributed by atoms with Gasteiger partial charge in [-0.05, 0) is 55.3 Å². The van der Waals surface area contributed by atoms with Gasteiger partial charge in [-0.15, -0.1) is 11.3 Å². The lowest BCUT2D eigenvalue weighted by Crippen LogP contribution is -2.47. The molecular weight excluding hydrogens is 420 g/mol. The van der Waals surface area contributed by atoms with Crippen LogP contribution < -0.4 is 5.32 Å². The average Bonchev–Trinajstić information content (AvgIpc) is 3.56. The summed E-state index contributed by atoms with van der Waals surface area (Å²) in [5.74, 6) is 1.03. The summed E-state index contributed by atoms with van der Waals surface area (Å²) in [5, 5.41) is 5.16. The molecule has 0 unspecified atom stereocenters. The number of carbonyl (C=O) groups is 2. The van der Waals surface area contributed by atoms with Crippen molar-refractivity contribution in [2.45, 2.75) is 57.5 Å². The smallest absolute Gasteiger partial charge is 0.250 e. The molecule has 3 aromatic rings. The summed E-state index contributed by atoms with van der Waals surface area (Å²) in [6.45, 7) is 2.30. The number of thiophene rings is 1. The molecule has 2 amide bonds. The van der Waals surface area contributed by atoms with Crippen LogP contribution >= 0.6 is 11.3 Å². The first-order valence-corrected chi connectivity index (χ1v) is 12.2. The van der Waals surface area contributed by atoms with Crippen LogP contribution in [0.1, 0.15) is 53.7 Å². The van der Waals surface area contributed by atoms with Gasteiger partial charge in [0.25, 0.3) is 5.91 Å². The van der Waals surface area contributed by atoms with Crippen molar-refractivity contribution in [2.24, 2.45) is 0 Å². The zero-order valence-corrected chi connectivity index (χ0v) is 19.3. The Bertz CT molecular complexity index is 1010. The molecule has 4 rings (SSSR count). The topological polar surface area (TPSA) is 62.6 Å². The van der Waals surface area contributed by atoms with Gasteiger partial charge in [0.05, 0.1) is 6.42 Å². The van der Waals surface area contributed by atoms with Crippen molar-refractivity contribution < 1.29 is 14.0 Å². The predicted octanol–water partition coefficient (Wildman–Crippen LogP) is 5.06. The highest BCUT2D eigenvalue weighted by Crippen LogP contribution is 2.27. The van der Waals surface area contributed by atoms with Gasteiger partial charge in [-0.2, -0.15) is 0 Å². The van der Waals surface area contributed by atoms with E-state index in [0.29, 0.717) is 18.7 Å². The summed E-state index contributed by atoms with van der Waals surface area (Å²) in [5.41, 5.74) is 1.13. The molecule has 2 heterocycles. The first kappa shape index (κ1) is 22.3. The number of amides is 2. The molecule has 2 aromatic heterocycles. The van der Waals surface area contributed by atoms with Crippen LogP contribution in [-0.4, -0.2) is 29.3 Å². The molecule has 0 radical (unpaired) electrons. The maximum atomic E-state index is 13.5. The van der Waals surface area contributed by atoms with E-state index >= 15 is 0 Å². The van der Waals surface area contributed by atoms with Crippen molar-refractivity contribution in [3.8, 4) is 0 Å². The third-order valence-corrected chi connectivity index (χ3v) is 6.88. The number of nitrogens with one attached hydrogen (secondary N) is 1. The summed E-state index contributed by atoms with van der Waals surface area (Å²) < 4.78 is 5.90. The fraction of sp³-hybridized carbons (Fsp3) is 0.385. The van der Waals surface area contributed by atoms with Crippen molar-refractivity contribution in [1.82, 2.24) is 10.2 Å². The fourth-order valence-corrected chi connectivity index (χ4v) is 5.03. The molecule has 1 fully saturated rings. The van der Waals surface area contributed by atoms with Crippen LogP contribution in [0, 0.1) is 6.92 Å². The molecule has 1 aromatic carbocycles. The van der Waals surface area contributed by atoms with Gasteiger partial charge in [-0.25, -0.2) is 0 Å². The summed E-state index contributed by atoms with van der Waals surface area (Å²) in [6, 6.07) is 17.0. The second-order valence-electron chi connectivity index (χ2n) is 8.42. The molecule has 1 N–H and O–H groups in total. The van der Waals surface area contributed by atoms with Gasteiger partial charge in [-0.3, -0.25) is 9.59 Å². The van der Waals surface area contributed by atoms with E-state index in [1.807, 2.05) is 66.9 Å². The van der Waals surface area contributed by atoms with Gasteiger partial charge >= 0.3 is 0 Å². The van der Waals surface area contributed by atoms with Crippen LogP contribution in [0.2, 0.25) is 0 Å². The number of benzene rings is 1. The molecule has 1 aliphatic carbocycles. The number of hydrogen-bond donors (Lipinski definition) is 1. The Morgan fingerprint density at radius 1 is 1.09 bits per heavy atom. The molecule has 168 valence electrons. The van der Waals surface area contributed by atoms with E-state index in [1.165, 1.54) is 0 Å². The van der Waals surface area contributed by atoms with Gasteiger partial charge in [0.1, 0.15) is 11.5 Å². The molecule has 5 nitrogen and oxygen atoms in total. The van der Waals surface area contributed by atoms with Gasteiger partial charge < -0.3 is 14.6 Å². The number of carbonyl (C=O) groups excluding carboxylic acids is 2. The van der Waals surface area contributed by atoms with Crippen molar-refractivity contribution in [3.63, 3.8) is 0 Å². The van der Waals surface area contributed by atoms with Crippen LogP contribution in [0.5, 0.6) is 0 Å². The lowest BCUT2D eigenvalue weighted by molar-refractivity contribution is -0.141. The van der Waals surface area contributed by atoms with E-state index < -0.39 is 6.04 Å². The van der Waals surface area contributed by atoms with Gasteiger partial charge in [0.2, 0.25) is 5.91 Å². The molecule has 1 saturated carbocycles. The Hall–Kier alpha value is -2.86. The highest BCUT2D eigenvalue weighted by molar-refractivity contribution is 7.10. The van der Waals surface area contributed by atoms with E-state index in [2.05, 4.69) is 5.32 Å². The van der Waals surface area contributed by atoms with E-state index in [0.717, 1.165) is 41.9 Å². The molecular formula is C26H30N2O3S. The van der Waals surface area contributed by atoms with Crippen LogP contribution in [-0.2, 0) is 22.4 Å². The number of aryl methyl sites for hydroxylation is 1. The van der Waals surface area contributed by atoms with Crippen LogP contribution in [0.3, 0.4) is 0 Å². The lowest BCUT2D eigenvalue weighted by Gasteiger charge is -2.31. The quantitative estimate of drug-likeness (QED) is 0.495. The minimum absolute atomic E-state index is 0.0657. The van der Waals surface area contributed by atoms with Crippen molar-refractivity contribution >= 4 is 23.2 Å². The summed E-state index contributed by atoms with van der Waals surface area (Å²) in [4.78, 5) is 29.7. The highest BCUT2D eigenvalue weighted by Gasteiger charge is 2.35. The summed E-state index contributed by atoms with van der Waals surface area (Å²) >= 11 is 1.56. The maximum absolute atomic E-state index is 13.5. The normalized spacial score (nSPS) is 14.9.